The fourth-order valence-corrected chi connectivity index (χ4v) is 4.41. The Labute approximate surface area is 173 Å². The number of nitrogens with one attached hydrogen (secondary N) is 1. The van der Waals surface area contributed by atoms with Gasteiger partial charge in [-0.15, -0.1) is 11.8 Å². The molecule has 1 aliphatic heterocycles. The van der Waals surface area contributed by atoms with Crippen LogP contribution in [-0.2, 0) is 4.79 Å². The molecule has 3 aromatic carbocycles. The first kappa shape index (κ1) is 19.1. The summed E-state index contributed by atoms with van der Waals surface area (Å²) < 4.78 is 5.29. The van der Waals surface area contributed by atoms with Crippen molar-refractivity contribution in [1.29, 1.82) is 0 Å². The summed E-state index contributed by atoms with van der Waals surface area (Å²) in [5, 5.41) is 2.78. The summed E-state index contributed by atoms with van der Waals surface area (Å²) in [7, 11) is 1.61. The first-order valence-corrected chi connectivity index (χ1v) is 10.2. The van der Waals surface area contributed by atoms with E-state index in [0.717, 1.165) is 11.3 Å². The van der Waals surface area contributed by atoms with Gasteiger partial charge in [-0.2, -0.15) is 0 Å². The Bertz CT molecular complexity index is 1020. The molecule has 2 amide bonds. The van der Waals surface area contributed by atoms with Crippen LogP contribution in [0.5, 0.6) is 5.75 Å². The molecule has 29 heavy (non-hydrogen) atoms. The van der Waals surface area contributed by atoms with E-state index in [1.54, 1.807) is 35.9 Å². The maximum atomic E-state index is 12.5. The van der Waals surface area contributed by atoms with E-state index in [-0.39, 0.29) is 17.2 Å². The Kier molecular flexibility index (Phi) is 5.53. The highest BCUT2D eigenvalue weighted by Crippen LogP contribution is 2.42. The molecular formula is C23H20N2O3S. The molecule has 4 rings (SSSR count). The topological polar surface area (TPSA) is 58.6 Å². The van der Waals surface area contributed by atoms with Crippen molar-refractivity contribution >= 4 is 35.0 Å². The molecule has 6 heteroatoms. The molecule has 1 aliphatic rings. The molecule has 146 valence electrons. The van der Waals surface area contributed by atoms with Crippen molar-refractivity contribution in [2.45, 2.75) is 5.37 Å². The van der Waals surface area contributed by atoms with E-state index in [9.17, 15) is 9.59 Å². The fraction of sp³-hybridized carbons (Fsp3) is 0.130. The third-order valence-corrected chi connectivity index (χ3v) is 5.90. The number of carbonyl (C=O) groups is 2. The number of carbonyl (C=O) groups excluding carboxylic acids is 2. The predicted molar refractivity (Wildman–Crippen MR) is 117 cm³/mol. The first-order valence-electron chi connectivity index (χ1n) is 9.20. The third kappa shape index (κ3) is 4.12. The lowest BCUT2D eigenvalue weighted by molar-refractivity contribution is -0.115. The van der Waals surface area contributed by atoms with Gasteiger partial charge in [0, 0.05) is 23.0 Å². The van der Waals surface area contributed by atoms with Gasteiger partial charge < -0.3 is 10.1 Å². The SMILES string of the molecule is COc1cccc(N2C(=O)CSC2c2ccc(NC(=O)c3ccccc3)cc2)c1. The van der Waals surface area contributed by atoms with Gasteiger partial charge in [0.25, 0.3) is 5.91 Å². The van der Waals surface area contributed by atoms with Crippen molar-refractivity contribution in [3.63, 3.8) is 0 Å². The van der Waals surface area contributed by atoms with Gasteiger partial charge in [-0.05, 0) is 42.0 Å². The Hall–Kier alpha value is -3.25. The lowest BCUT2D eigenvalue weighted by atomic mass is 10.1. The molecule has 1 heterocycles. The number of hydrogen-bond acceptors (Lipinski definition) is 4. The number of anilines is 2. The molecular weight excluding hydrogens is 384 g/mol. The van der Waals surface area contributed by atoms with Crippen LogP contribution in [0.1, 0.15) is 21.3 Å². The molecule has 1 unspecified atom stereocenters. The van der Waals surface area contributed by atoms with Gasteiger partial charge in [0.15, 0.2) is 0 Å². The second kappa shape index (κ2) is 8.41. The summed E-state index contributed by atoms with van der Waals surface area (Å²) in [5.74, 6) is 1.05. The van der Waals surface area contributed by atoms with Crippen molar-refractivity contribution in [3.05, 3.63) is 90.0 Å². The van der Waals surface area contributed by atoms with Crippen LogP contribution >= 0.6 is 11.8 Å². The van der Waals surface area contributed by atoms with Crippen LogP contribution in [0, 0.1) is 0 Å². The fourth-order valence-electron chi connectivity index (χ4n) is 3.23. The summed E-state index contributed by atoms with van der Waals surface area (Å²) >= 11 is 1.58. The van der Waals surface area contributed by atoms with Crippen LogP contribution in [-0.4, -0.2) is 24.7 Å². The largest absolute Gasteiger partial charge is 0.497 e. The van der Waals surface area contributed by atoms with Crippen LogP contribution in [0.3, 0.4) is 0 Å². The minimum Gasteiger partial charge on any atom is -0.497 e. The minimum absolute atomic E-state index is 0.0645. The number of thioether (sulfide) groups is 1. The molecule has 5 nitrogen and oxygen atoms in total. The molecule has 1 saturated heterocycles. The summed E-state index contributed by atoms with van der Waals surface area (Å²) in [5.41, 5.74) is 3.13. The number of benzene rings is 3. The van der Waals surface area contributed by atoms with Gasteiger partial charge >= 0.3 is 0 Å². The average molecular weight is 404 g/mol. The first-order chi connectivity index (χ1) is 14.2. The van der Waals surface area contributed by atoms with E-state index in [1.807, 2.05) is 66.7 Å². The standard InChI is InChI=1S/C23H20N2O3S/c1-28-20-9-5-8-19(14-20)25-21(26)15-29-23(25)17-10-12-18(13-11-17)24-22(27)16-6-3-2-4-7-16/h2-14,23H,15H2,1H3,(H,24,27). The number of nitrogens with zero attached hydrogens (tertiary/aromatic N) is 1. The van der Waals surface area contributed by atoms with E-state index in [2.05, 4.69) is 5.32 Å². The highest BCUT2D eigenvalue weighted by atomic mass is 32.2. The van der Waals surface area contributed by atoms with Crippen molar-refractivity contribution in [2.75, 3.05) is 23.1 Å². The van der Waals surface area contributed by atoms with Gasteiger partial charge in [-0.1, -0.05) is 36.4 Å². The lowest BCUT2D eigenvalue weighted by Crippen LogP contribution is -2.27. The summed E-state index contributed by atoms with van der Waals surface area (Å²) in [4.78, 5) is 26.6. The van der Waals surface area contributed by atoms with Crippen LogP contribution in [0.2, 0.25) is 0 Å². The second-order valence-electron chi connectivity index (χ2n) is 6.57. The van der Waals surface area contributed by atoms with Crippen molar-refractivity contribution in [3.8, 4) is 5.75 Å². The van der Waals surface area contributed by atoms with Crippen LogP contribution < -0.4 is 15.0 Å². The Morgan fingerprint density at radius 2 is 1.79 bits per heavy atom. The van der Waals surface area contributed by atoms with Gasteiger partial charge in [0.2, 0.25) is 5.91 Å². The maximum Gasteiger partial charge on any atom is 0.255 e. The molecule has 0 bridgehead atoms. The van der Waals surface area contributed by atoms with E-state index in [0.29, 0.717) is 22.8 Å². The van der Waals surface area contributed by atoms with E-state index < -0.39 is 0 Å². The Morgan fingerprint density at radius 3 is 2.52 bits per heavy atom. The second-order valence-corrected chi connectivity index (χ2v) is 7.64. The van der Waals surface area contributed by atoms with Gasteiger partial charge in [-0.25, -0.2) is 0 Å². The number of rotatable bonds is 5. The van der Waals surface area contributed by atoms with Crippen LogP contribution in [0.4, 0.5) is 11.4 Å². The molecule has 0 aromatic heterocycles. The van der Waals surface area contributed by atoms with Gasteiger partial charge in [0.1, 0.15) is 11.1 Å². The zero-order valence-corrected chi connectivity index (χ0v) is 16.7. The lowest BCUT2D eigenvalue weighted by Gasteiger charge is -2.25. The monoisotopic (exact) mass is 404 g/mol. The number of ether oxygens (including phenoxy) is 1. The molecule has 0 radical (unpaired) electrons. The molecule has 0 aliphatic carbocycles. The van der Waals surface area contributed by atoms with E-state index in [4.69, 9.17) is 4.74 Å². The van der Waals surface area contributed by atoms with Gasteiger partial charge in [-0.3, -0.25) is 14.5 Å². The van der Waals surface area contributed by atoms with E-state index >= 15 is 0 Å². The molecule has 1 N–H and O–H groups in total. The molecule has 3 aromatic rings. The van der Waals surface area contributed by atoms with Crippen LogP contribution in [0.25, 0.3) is 0 Å². The van der Waals surface area contributed by atoms with Gasteiger partial charge in [0.05, 0.1) is 12.9 Å². The summed E-state index contributed by atoms with van der Waals surface area (Å²) in [6, 6.07) is 24.2. The summed E-state index contributed by atoms with van der Waals surface area (Å²) in [6.45, 7) is 0. The van der Waals surface area contributed by atoms with Crippen molar-refractivity contribution in [1.82, 2.24) is 0 Å². The molecule has 0 saturated carbocycles. The highest BCUT2D eigenvalue weighted by molar-refractivity contribution is 8.00. The molecule has 0 spiro atoms. The quantitative estimate of drug-likeness (QED) is 0.668. The Morgan fingerprint density at radius 1 is 1.03 bits per heavy atom. The van der Waals surface area contributed by atoms with Crippen molar-refractivity contribution in [2.24, 2.45) is 0 Å². The van der Waals surface area contributed by atoms with Crippen molar-refractivity contribution < 1.29 is 14.3 Å². The van der Waals surface area contributed by atoms with E-state index in [1.165, 1.54) is 0 Å². The molecule has 1 fully saturated rings. The van der Waals surface area contributed by atoms with Crippen LogP contribution in [0.15, 0.2) is 78.9 Å². The third-order valence-electron chi connectivity index (χ3n) is 4.69. The minimum atomic E-state index is -0.151. The zero-order chi connectivity index (χ0) is 20.2. The smallest absolute Gasteiger partial charge is 0.255 e. The highest BCUT2D eigenvalue weighted by Gasteiger charge is 2.34. The Balaban J connectivity index is 1.53. The maximum absolute atomic E-state index is 12.5. The summed E-state index contributed by atoms with van der Waals surface area (Å²) in [6.07, 6.45) is 0. The number of hydrogen-bond donors (Lipinski definition) is 1. The zero-order valence-electron chi connectivity index (χ0n) is 15.9. The number of methoxy groups -OCH3 is 1. The average Bonchev–Trinajstić information content (AvgIpc) is 3.16. The molecule has 1 atom stereocenters. The number of amides is 2. The predicted octanol–water partition coefficient (Wildman–Crippen LogP) is 4.73. The normalized spacial score (nSPS) is 16.0.